The van der Waals surface area contributed by atoms with Crippen molar-refractivity contribution >= 4 is 12.0 Å². The summed E-state index contributed by atoms with van der Waals surface area (Å²) in [4.78, 5) is 23.8. The number of carboxylic acid groups (broad SMARTS) is 1. The van der Waals surface area contributed by atoms with Crippen LogP contribution in [-0.2, 0) is 4.79 Å². The highest BCUT2D eigenvalue weighted by atomic mass is 19.4. The van der Waals surface area contributed by atoms with Crippen LogP contribution in [0.15, 0.2) is 24.3 Å². The Labute approximate surface area is 146 Å². The van der Waals surface area contributed by atoms with E-state index < -0.39 is 48.9 Å². The van der Waals surface area contributed by atoms with Gasteiger partial charge in [-0.2, -0.15) is 13.2 Å². The number of rotatable bonds is 6. The van der Waals surface area contributed by atoms with Gasteiger partial charge in [-0.05, 0) is 30.7 Å². The lowest BCUT2D eigenvalue weighted by Crippen LogP contribution is -2.40. The van der Waals surface area contributed by atoms with Crippen LogP contribution in [0.5, 0.6) is 5.75 Å². The second-order valence-electron chi connectivity index (χ2n) is 5.89. The van der Waals surface area contributed by atoms with E-state index in [0.29, 0.717) is 12.2 Å². The molecule has 1 saturated heterocycles. The van der Waals surface area contributed by atoms with Crippen molar-refractivity contribution in [3.05, 3.63) is 30.1 Å². The fraction of sp³-hybridized carbons (Fsp3) is 0.500. The van der Waals surface area contributed by atoms with Crippen molar-refractivity contribution in [3.8, 4) is 5.75 Å². The second kappa shape index (κ2) is 8.24. The van der Waals surface area contributed by atoms with Crippen LogP contribution in [-0.4, -0.2) is 54.4 Å². The number of benzene rings is 1. The maximum atomic E-state index is 12.9. The van der Waals surface area contributed by atoms with Gasteiger partial charge >= 0.3 is 18.2 Å². The lowest BCUT2D eigenvalue weighted by Gasteiger charge is -2.18. The number of hydrogen-bond donors (Lipinski definition) is 2. The molecule has 0 bridgehead atoms. The van der Waals surface area contributed by atoms with Gasteiger partial charge in [0.25, 0.3) is 0 Å². The van der Waals surface area contributed by atoms with Crippen molar-refractivity contribution in [1.82, 2.24) is 10.2 Å². The number of nitrogens with zero attached hydrogens (tertiary/aromatic N) is 1. The van der Waals surface area contributed by atoms with Crippen LogP contribution in [0.2, 0.25) is 0 Å². The molecule has 2 atom stereocenters. The maximum absolute atomic E-state index is 12.9. The number of hydrogen-bond acceptors (Lipinski definition) is 3. The van der Waals surface area contributed by atoms with Gasteiger partial charge in [-0.25, -0.2) is 9.18 Å². The first-order valence-electron chi connectivity index (χ1n) is 7.89. The summed E-state index contributed by atoms with van der Waals surface area (Å²) in [6.07, 6.45) is -4.30. The molecule has 0 unspecified atom stereocenters. The van der Waals surface area contributed by atoms with Gasteiger partial charge in [0.2, 0.25) is 0 Å². The van der Waals surface area contributed by atoms with Crippen molar-refractivity contribution in [2.75, 3.05) is 26.2 Å². The lowest BCUT2D eigenvalue weighted by molar-refractivity contribution is -0.187. The number of aliphatic carboxylic acids is 1. The van der Waals surface area contributed by atoms with Crippen LogP contribution >= 0.6 is 0 Å². The smallest absolute Gasteiger partial charge is 0.394 e. The molecule has 26 heavy (non-hydrogen) atoms. The second-order valence-corrected chi connectivity index (χ2v) is 5.89. The molecular weight excluding hydrogens is 360 g/mol. The highest BCUT2D eigenvalue weighted by Crippen LogP contribution is 2.37. The number of carbonyl (C=O) groups excluding carboxylic acids is 1. The molecule has 6 nitrogen and oxygen atoms in total. The minimum atomic E-state index is -4.68. The molecule has 2 N–H and O–H groups in total. The normalized spacial score (nSPS) is 20.1. The van der Waals surface area contributed by atoms with Crippen molar-refractivity contribution < 1.29 is 37.0 Å². The van der Waals surface area contributed by atoms with E-state index in [9.17, 15) is 27.2 Å². The SMILES string of the molecule is O=C(O)[C@@H]1CN(C(=O)NCCCOc2ccc(F)cc2)C[C@H]1C(F)(F)F. The largest absolute Gasteiger partial charge is 0.494 e. The van der Waals surface area contributed by atoms with E-state index in [1.165, 1.54) is 24.3 Å². The van der Waals surface area contributed by atoms with Gasteiger partial charge in [-0.15, -0.1) is 0 Å². The third-order valence-electron chi connectivity index (χ3n) is 4.02. The first kappa shape index (κ1) is 19.8. The third-order valence-corrected chi connectivity index (χ3v) is 4.02. The first-order chi connectivity index (χ1) is 12.2. The summed E-state index contributed by atoms with van der Waals surface area (Å²) in [6, 6.07) is 4.62. The average molecular weight is 378 g/mol. The molecule has 0 aromatic heterocycles. The fourth-order valence-electron chi connectivity index (χ4n) is 2.65. The lowest BCUT2D eigenvalue weighted by atomic mass is 9.96. The Morgan fingerprint density at radius 2 is 1.88 bits per heavy atom. The first-order valence-corrected chi connectivity index (χ1v) is 7.89. The van der Waals surface area contributed by atoms with Gasteiger partial charge in [0.1, 0.15) is 11.6 Å². The van der Waals surface area contributed by atoms with E-state index in [-0.39, 0.29) is 13.2 Å². The molecule has 0 radical (unpaired) electrons. The van der Waals surface area contributed by atoms with Gasteiger partial charge in [0.15, 0.2) is 0 Å². The predicted molar refractivity (Wildman–Crippen MR) is 82.2 cm³/mol. The number of amides is 2. The summed E-state index contributed by atoms with van der Waals surface area (Å²) in [5.74, 6) is -5.26. The number of likely N-dealkylation sites (tertiary alicyclic amines) is 1. The molecule has 1 aromatic carbocycles. The van der Waals surface area contributed by atoms with Crippen LogP contribution in [0.4, 0.5) is 22.4 Å². The van der Waals surface area contributed by atoms with Crippen LogP contribution < -0.4 is 10.1 Å². The molecule has 0 spiro atoms. The Bertz CT molecular complexity index is 636. The maximum Gasteiger partial charge on any atom is 0.394 e. The Balaban J connectivity index is 1.74. The Kier molecular flexibility index (Phi) is 6.27. The van der Waals surface area contributed by atoms with Gasteiger partial charge in [0.05, 0.1) is 18.4 Å². The summed E-state index contributed by atoms with van der Waals surface area (Å²) < 4.78 is 56.7. The van der Waals surface area contributed by atoms with Gasteiger partial charge in [-0.3, -0.25) is 4.79 Å². The van der Waals surface area contributed by atoms with Crippen LogP contribution in [0, 0.1) is 17.7 Å². The van der Waals surface area contributed by atoms with Crippen molar-refractivity contribution in [2.24, 2.45) is 11.8 Å². The van der Waals surface area contributed by atoms with Crippen LogP contribution in [0.25, 0.3) is 0 Å². The van der Waals surface area contributed by atoms with Crippen LogP contribution in [0.3, 0.4) is 0 Å². The quantitative estimate of drug-likeness (QED) is 0.589. The number of alkyl halides is 3. The van der Waals surface area contributed by atoms with Crippen molar-refractivity contribution in [2.45, 2.75) is 12.6 Å². The highest BCUT2D eigenvalue weighted by Gasteiger charge is 2.53. The highest BCUT2D eigenvalue weighted by molar-refractivity contribution is 5.77. The number of carbonyl (C=O) groups is 2. The molecule has 2 amide bonds. The Morgan fingerprint density at radius 3 is 2.42 bits per heavy atom. The average Bonchev–Trinajstić information content (AvgIpc) is 3.02. The number of carboxylic acids is 1. The van der Waals surface area contributed by atoms with E-state index >= 15 is 0 Å². The number of nitrogens with one attached hydrogen (secondary N) is 1. The summed E-state index contributed by atoms with van der Waals surface area (Å²) in [7, 11) is 0. The van der Waals surface area contributed by atoms with E-state index in [0.717, 1.165) is 4.90 Å². The molecule has 2 rings (SSSR count). The number of urea groups is 1. The molecule has 1 aliphatic rings. The molecule has 1 fully saturated rings. The van der Waals surface area contributed by atoms with Crippen molar-refractivity contribution in [1.29, 1.82) is 0 Å². The topological polar surface area (TPSA) is 78.9 Å². The summed E-state index contributed by atoms with van der Waals surface area (Å²) in [5.41, 5.74) is 0. The molecule has 0 aliphatic carbocycles. The monoisotopic (exact) mass is 378 g/mol. The van der Waals surface area contributed by atoms with Crippen LogP contribution in [0.1, 0.15) is 6.42 Å². The molecule has 1 aromatic rings. The summed E-state index contributed by atoms with van der Waals surface area (Å²) >= 11 is 0. The van der Waals surface area contributed by atoms with Crippen molar-refractivity contribution in [3.63, 3.8) is 0 Å². The Hall–Kier alpha value is -2.52. The summed E-state index contributed by atoms with van der Waals surface area (Å²) in [5, 5.41) is 11.4. The number of halogens is 4. The molecule has 1 aliphatic heterocycles. The zero-order valence-corrected chi connectivity index (χ0v) is 13.6. The minimum Gasteiger partial charge on any atom is -0.494 e. The number of ether oxygens (including phenoxy) is 1. The van der Waals surface area contributed by atoms with E-state index in [2.05, 4.69) is 5.32 Å². The summed E-state index contributed by atoms with van der Waals surface area (Å²) in [6.45, 7) is -0.810. The third kappa shape index (κ3) is 5.24. The van der Waals surface area contributed by atoms with Gasteiger partial charge in [-0.1, -0.05) is 0 Å². The fourth-order valence-corrected chi connectivity index (χ4v) is 2.65. The zero-order chi connectivity index (χ0) is 19.3. The van der Waals surface area contributed by atoms with E-state index in [1.807, 2.05) is 0 Å². The van der Waals surface area contributed by atoms with Gasteiger partial charge < -0.3 is 20.1 Å². The van der Waals surface area contributed by atoms with E-state index in [1.54, 1.807) is 0 Å². The molecule has 0 saturated carbocycles. The molecular formula is C16H18F4N2O4. The molecule has 1 heterocycles. The predicted octanol–water partition coefficient (Wildman–Crippen LogP) is 2.50. The Morgan fingerprint density at radius 1 is 1.23 bits per heavy atom. The molecule has 10 heteroatoms. The van der Waals surface area contributed by atoms with Gasteiger partial charge in [0, 0.05) is 19.6 Å². The standard InChI is InChI=1S/C16H18F4N2O4/c17-10-2-4-11(5-3-10)26-7-1-6-21-15(25)22-8-12(14(23)24)13(9-22)16(18,19)20/h2-5,12-13H,1,6-9H2,(H,21,25)(H,23,24)/t12-,13-/m1/s1. The van der Waals surface area contributed by atoms with E-state index in [4.69, 9.17) is 9.84 Å². The molecule has 144 valence electrons. The minimum absolute atomic E-state index is 0.144. The zero-order valence-electron chi connectivity index (χ0n) is 13.6.